The summed E-state index contributed by atoms with van der Waals surface area (Å²) in [6, 6.07) is 0. The smallest absolute Gasteiger partial charge is 0.316 e. The van der Waals surface area contributed by atoms with E-state index >= 15 is 0 Å². The average Bonchev–Trinajstić information content (AvgIpc) is 1.69. The van der Waals surface area contributed by atoms with E-state index in [4.69, 9.17) is 10.6 Å². The Labute approximate surface area is 49.6 Å². The van der Waals surface area contributed by atoms with Crippen molar-refractivity contribution in [1.82, 2.24) is 0 Å². The molecule has 0 aliphatic heterocycles. The van der Waals surface area contributed by atoms with Crippen LogP contribution in [0.5, 0.6) is 0 Å². The highest BCUT2D eigenvalue weighted by atomic mass is 31.1. The van der Waals surface area contributed by atoms with Crippen LogP contribution < -0.4 is 5.73 Å². The van der Waals surface area contributed by atoms with Crippen molar-refractivity contribution in [2.75, 3.05) is 13.7 Å². The summed E-state index contributed by atoms with van der Waals surface area (Å²) in [5.74, 6) is 0. The molecule has 0 saturated carbocycles. The molecule has 52 valence electrons. The van der Waals surface area contributed by atoms with Crippen molar-refractivity contribution in [1.29, 1.82) is 0 Å². The molecule has 0 heterocycles. The summed E-state index contributed by atoms with van der Waals surface area (Å²) < 4.78 is 13.2. The van der Waals surface area contributed by atoms with Crippen molar-refractivity contribution in [3.8, 4) is 0 Å². The van der Waals surface area contributed by atoms with Gasteiger partial charge in [0, 0.05) is 7.11 Å². The highest BCUT2D eigenvalue weighted by Crippen LogP contribution is 2.09. The number of nitrogens with two attached hydrogens (primary N) is 1. The second kappa shape index (κ2) is 10.2. The zero-order valence-electron chi connectivity index (χ0n) is 5.05. The van der Waals surface area contributed by atoms with E-state index in [1.165, 1.54) is 7.11 Å². The van der Waals surface area contributed by atoms with Gasteiger partial charge in [0.2, 0.25) is 0 Å². The van der Waals surface area contributed by atoms with Crippen molar-refractivity contribution in [3.63, 3.8) is 0 Å². The van der Waals surface area contributed by atoms with Crippen molar-refractivity contribution in [3.05, 3.63) is 0 Å². The Morgan fingerprint density at radius 3 is 2.00 bits per heavy atom. The Kier molecular flexibility index (Phi) is 14.0. The van der Waals surface area contributed by atoms with Gasteiger partial charge in [-0.2, -0.15) is 0 Å². The van der Waals surface area contributed by atoms with Crippen LogP contribution in [0.4, 0.5) is 0 Å². The maximum Gasteiger partial charge on any atom is 0.316 e. The van der Waals surface area contributed by atoms with Crippen LogP contribution >= 0.6 is 8.25 Å². The average molecular weight is 141 g/mol. The molecule has 0 aromatic carbocycles. The molecule has 0 saturated heterocycles. The molecular weight excluding hydrogens is 129 g/mol. The molecule has 0 aromatic heterocycles. The molecule has 4 nitrogen and oxygen atoms in total. The van der Waals surface area contributed by atoms with Crippen molar-refractivity contribution >= 4 is 8.25 Å². The maximum atomic E-state index is 9.33. The molecule has 0 radical (unpaired) electrons. The first-order chi connectivity index (χ1) is 3.68. The quantitative estimate of drug-likeness (QED) is 0.503. The van der Waals surface area contributed by atoms with Crippen LogP contribution in [0.1, 0.15) is 6.92 Å². The molecule has 0 bridgehead atoms. The van der Waals surface area contributed by atoms with E-state index in [1.807, 2.05) is 6.92 Å². The van der Waals surface area contributed by atoms with Crippen LogP contribution in [0.25, 0.3) is 0 Å². The zero-order chi connectivity index (χ0) is 6.99. The van der Waals surface area contributed by atoms with E-state index in [-0.39, 0.29) is 0 Å². The van der Waals surface area contributed by atoms with E-state index in [9.17, 15) is 4.57 Å². The predicted molar refractivity (Wildman–Crippen MR) is 33.0 cm³/mol. The van der Waals surface area contributed by atoms with E-state index < -0.39 is 8.25 Å². The SMILES string of the molecule is CCN.CO[PH](=O)O. The van der Waals surface area contributed by atoms with E-state index in [1.54, 1.807) is 0 Å². The number of hydrogen-bond acceptors (Lipinski definition) is 3. The molecule has 1 unspecified atom stereocenters. The molecule has 0 fully saturated rings. The Bertz CT molecular complexity index is 58.5. The lowest BCUT2D eigenvalue weighted by Crippen LogP contribution is -1.87. The van der Waals surface area contributed by atoms with Crippen LogP contribution in [0.15, 0.2) is 0 Å². The fourth-order valence-corrected chi connectivity index (χ4v) is 0. The fourth-order valence-electron chi connectivity index (χ4n) is 0. The summed E-state index contributed by atoms with van der Waals surface area (Å²) in [6.07, 6.45) is 0. The first kappa shape index (κ1) is 11.0. The van der Waals surface area contributed by atoms with Gasteiger partial charge in [-0.15, -0.1) is 0 Å². The van der Waals surface area contributed by atoms with Gasteiger partial charge in [0.1, 0.15) is 0 Å². The van der Waals surface area contributed by atoms with Gasteiger partial charge in [-0.25, -0.2) is 0 Å². The van der Waals surface area contributed by atoms with E-state index in [0.717, 1.165) is 6.54 Å². The van der Waals surface area contributed by atoms with Gasteiger partial charge in [-0.3, -0.25) is 4.57 Å². The lowest BCUT2D eigenvalue weighted by molar-refractivity contribution is 0.343. The minimum absolute atomic E-state index is 0.750. The summed E-state index contributed by atoms with van der Waals surface area (Å²) in [6.45, 7) is 2.65. The molecule has 0 aliphatic rings. The molecule has 0 aliphatic carbocycles. The third kappa shape index (κ3) is 35.8. The molecule has 0 aromatic rings. The lowest BCUT2D eigenvalue weighted by Gasteiger charge is -1.78. The summed E-state index contributed by atoms with van der Waals surface area (Å²) in [5.41, 5.74) is 4.85. The highest BCUT2D eigenvalue weighted by molar-refractivity contribution is 7.32. The van der Waals surface area contributed by atoms with Crippen LogP contribution in [0.2, 0.25) is 0 Å². The molecule has 5 heteroatoms. The summed E-state index contributed by atoms with van der Waals surface area (Å²) in [5, 5.41) is 0. The van der Waals surface area contributed by atoms with Crippen LogP contribution in [0, 0.1) is 0 Å². The Hall–Kier alpha value is 0.110. The van der Waals surface area contributed by atoms with E-state index in [2.05, 4.69) is 4.52 Å². The van der Waals surface area contributed by atoms with Gasteiger partial charge in [0.25, 0.3) is 0 Å². The molecule has 0 spiro atoms. The third-order valence-electron chi connectivity index (χ3n) is 0.175. The summed E-state index contributed by atoms with van der Waals surface area (Å²) in [7, 11) is -1.44. The van der Waals surface area contributed by atoms with Gasteiger partial charge in [-0.05, 0) is 6.54 Å². The van der Waals surface area contributed by atoms with Gasteiger partial charge < -0.3 is 15.2 Å². The molecule has 0 rings (SSSR count). The standard InChI is InChI=1S/C2H7N.CH5O3P/c1-2-3;1-4-5(2)3/h2-3H2,1H3;5H,1H3,(H,2,3). The van der Waals surface area contributed by atoms with Crippen LogP contribution in [-0.2, 0) is 9.09 Å². The molecule has 1 atom stereocenters. The zero-order valence-corrected chi connectivity index (χ0v) is 6.05. The van der Waals surface area contributed by atoms with Gasteiger partial charge in [0.05, 0.1) is 0 Å². The Morgan fingerprint density at radius 1 is 1.88 bits per heavy atom. The minimum Gasteiger partial charge on any atom is -0.331 e. The number of rotatable bonds is 1. The highest BCUT2D eigenvalue weighted by Gasteiger charge is 1.74. The normalized spacial score (nSPS) is 11.5. The predicted octanol–water partition coefficient (Wildman–Crippen LogP) is -0.0202. The van der Waals surface area contributed by atoms with Crippen molar-refractivity contribution in [2.45, 2.75) is 6.92 Å². The maximum absolute atomic E-state index is 9.33. The van der Waals surface area contributed by atoms with Crippen molar-refractivity contribution in [2.24, 2.45) is 5.73 Å². The first-order valence-corrected chi connectivity index (χ1v) is 3.42. The molecule has 8 heavy (non-hydrogen) atoms. The van der Waals surface area contributed by atoms with Crippen LogP contribution in [-0.4, -0.2) is 18.5 Å². The number of hydrogen-bond donors (Lipinski definition) is 2. The Morgan fingerprint density at radius 2 is 2.00 bits per heavy atom. The largest absolute Gasteiger partial charge is 0.331 e. The molecule has 0 amide bonds. The fraction of sp³-hybridized carbons (Fsp3) is 1.00. The second-order valence-corrected chi connectivity index (χ2v) is 1.82. The third-order valence-corrected chi connectivity index (χ3v) is 0.524. The minimum atomic E-state index is -2.62. The van der Waals surface area contributed by atoms with Crippen LogP contribution in [0.3, 0.4) is 0 Å². The topological polar surface area (TPSA) is 72.5 Å². The summed E-state index contributed by atoms with van der Waals surface area (Å²) in [4.78, 5) is 7.69. The summed E-state index contributed by atoms with van der Waals surface area (Å²) >= 11 is 0. The van der Waals surface area contributed by atoms with Crippen molar-refractivity contribution < 1.29 is 14.0 Å². The molecular formula is C3H12NO3P. The molecule has 3 N–H and O–H groups in total. The van der Waals surface area contributed by atoms with Gasteiger partial charge in [0.15, 0.2) is 0 Å². The van der Waals surface area contributed by atoms with Gasteiger partial charge >= 0.3 is 8.25 Å². The first-order valence-electron chi connectivity index (χ1n) is 2.16. The lowest BCUT2D eigenvalue weighted by atomic mass is 10.8. The Balaban J connectivity index is 0. The van der Waals surface area contributed by atoms with E-state index in [0.29, 0.717) is 0 Å². The monoisotopic (exact) mass is 141 g/mol. The van der Waals surface area contributed by atoms with Gasteiger partial charge in [-0.1, -0.05) is 6.92 Å². The second-order valence-electron chi connectivity index (χ2n) is 0.878.